The number of hydrogen-bond acceptors (Lipinski definition) is 5. The molecule has 0 aliphatic carbocycles. The number of aromatic nitrogens is 1. The SMILES string of the molecule is Cc1ccc(Oc2ccc(/C=N/OC(=O)c3ccc(Cl)cc3)cn2)cc1. The number of hydrogen-bond donors (Lipinski definition) is 0. The van der Waals surface area contributed by atoms with Crippen molar-refractivity contribution >= 4 is 23.8 Å². The largest absolute Gasteiger partial charge is 0.439 e. The monoisotopic (exact) mass is 366 g/mol. The van der Waals surface area contributed by atoms with E-state index in [1.54, 1.807) is 42.6 Å². The molecule has 6 heteroatoms. The smallest absolute Gasteiger partial charge is 0.365 e. The zero-order chi connectivity index (χ0) is 18.4. The third-order valence-corrected chi connectivity index (χ3v) is 3.67. The predicted octanol–water partition coefficient (Wildman–Crippen LogP) is 5.03. The standard InChI is InChI=1S/C20H15ClN2O3/c1-14-2-9-18(10-3-14)25-19-11-4-15(12-22-19)13-23-26-20(24)16-5-7-17(21)8-6-16/h2-13H,1H3/b23-13+. The van der Waals surface area contributed by atoms with Crippen LogP contribution >= 0.6 is 11.6 Å². The van der Waals surface area contributed by atoms with Gasteiger partial charge >= 0.3 is 5.97 Å². The highest BCUT2D eigenvalue weighted by molar-refractivity contribution is 6.30. The zero-order valence-electron chi connectivity index (χ0n) is 13.9. The highest BCUT2D eigenvalue weighted by Gasteiger charge is 2.06. The lowest BCUT2D eigenvalue weighted by atomic mass is 10.2. The first-order chi connectivity index (χ1) is 12.6. The number of aryl methyl sites for hydroxylation is 1. The molecule has 0 unspecified atom stereocenters. The number of nitrogens with zero attached hydrogens (tertiary/aromatic N) is 2. The molecular weight excluding hydrogens is 352 g/mol. The minimum Gasteiger partial charge on any atom is -0.439 e. The summed E-state index contributed by atoms with van der Waals surface area (Å²) in [6.45, 7) is 2.01. The van der Waals surface area contributed by atoms with E-state index in [1.165, 1.54) is 6.21 Å². The average molecular weight is 367 g/mol. The lowest BCUT2D eigenvalue weighted by Gasteiger charge is -2.04. The van der Waals surface area contributed by atoms with Gasteiger partial charge in [-0.05, 0) is 49.4 Å². The number of rotatable bonds is 5. The molecule has 3 aromatic rings. The number of carbonyl (C=O) groups excluding carboxylic acids is 1. The number of carbonyl (C=O) groups is 1. The molecule has 0 radical (unpaired) electrons. The van der Waals surface area contributed by atoms with Crippen molar-refractivity contribution in [2.24, 2.45) is 5.16 Å². The van der Waals surface area contributed by atoms with Gasteiger partial charge in [-0.3, -0.25) is 0 Å². The van der Waals surface area contributed by atoms with Crippen molar-refractivity contribution in [1.29, 1.82) is 0 Å². The van der Waals surface area contributed by atoms with Crippen LogP contribution in [0.4, 0.5) is 0 Å². The molecule has 5 nitrogen and oxygen atoms in total. The topological polar surface area (TPSA) is 60.8 Å². The first kappa shape index (κ1) is 17.6. The Hall–Kier alpha value is -3.18. The molecule has 0 saturated carbocycles. The number of halogens is 1. The Labute approximate surface area is 155 Å². The molecule has 0 aliphatic rings. The molecule has 0 saturated heterocycles. The summed E-state index contributed by atoms with van der Waals surface area (Å²) in [4.78, 5) is 20.8. The van der Waals surface area contributed by atoms with Crippen molar-refractivity contribution in [1.82, 2.24) is 4.98 Å². The van der Waals surface area contributed by atoms with Crippen molar-refractivity contribution < 1.29 is 14.4 Å². The molecule has 2 aromatic carbocycles. The fraction of sp³-hybridized carbons (Fsp3) is 0.0500. The van der Waals surface area contributed by atoms with Crippen LogP contribution in [0.1, 0.15) is 21.5 Å². The number of pyridine rings is 1. The number of benzene rings is 2. The number of ether oxygens (including phenoxy) is 1. The molecule has 3 rings (SSSR count). The highest BCUT2D eigenvalue weighted by atomic mass is 35.5. The van der Waals surface area contributed by atoms with E-state index in [-0.39, 0.29) is 0 Å². The van der Waals surface area contributed by atoms with Gasteiger partial charge in [0.1, 0.15) is 5.75 Å². The van der Waals surface area contributed by atoms with Crippen molar-refractivity contribution in [2.45, 2.75) is 6.92 Å². The molecule has 0 amide bonds. The fourth-order valence-corrected chi connectivity index (χ4v) is 2.16. The Morgan fingerprint density at radius 1 is 1.04 bits per heavy atom. The lowest BCUT2D eigenvalue weighted by Crippen LogP contribution is -2.00. The van der Waals surface area contributed by atoms with Crippen molar-refractivity contribution in [3.05, 3.63) is 88.6 Å². The fourth-order valence-electron chi connectivity index (χ4n) is 2.03. The summed E-state index contributed by atoms with van der Waals surface area (Å²) in [6.07, 6.45) is 2.97. The summed E-state index contributed by atoms with van der Waals surface area (Å²) in [5.74, 6) is 0.607. The van der Waals surface area contributed by atoms with Gasteiger partial charge in [-0.15, -0.1) is 0 Å². The molecule has 1 aromatic heterocycles. The summed E-state index contributed by atoms with van der Waals surface area (Å²) in [5, 5.41) is 4.22. The molecule has 26 heavy (non-hydrogen) atoms. The molecule has 0 N–H and O–H groups in total. The summed E-state index contributed by atoms with van der Waals surface area (Å²) >= 11 is 5.77. The second-order valence-corrected chi connectivity index (χ2v) is 5.90. The van der Waals surface area contributed by atoms with Crippen LogP contribution in [-0.2, 0) is 4.84 Å². The van der Waals surface area contributed by atoms with Gasteiger partial charge in [-0.2, -0.15) is 0 Å². The van der Waals surface area contributed by atoms with E-state index in [1.807, 2.05) is 31.2 Å². The highest BCUT2D eigenvalue weighted by Crippen LogP contribution is 2.19. The Kier molecular flexibility index (Phi) is 5.61. The van der Waals surface area contributed by atoms with E-state index in [4.69, 9.17) is 21.2 Å². The van der Waals surface area contributed by atoms with Crippen LogP contribution in [0, 0.1) is 6.92 Å². The van der Waals surface area contributed by atoms with Crippen molar-refractivity contribution in [3.63, 3.8) is 0 Å². The van der Waals surface area contributed by atoms with Crippen LogP contribution in [0.3, 0.4) is 0 Å². The van der Waals surface area contributed by atoms with E-state index in [0.29, 0.717) is 27.8 Å². The van der Waals surface area contributed by atoms with Crippen LogP contribution in [0.25, 0.3) is 0 Å². The van der Waals surface area contributed by atoms with E-state index in [9.17, 15) is 4.79 Å². The normalized spacial score (nSPS) is 10.7. The summed E-state index contributed by atoms with van der Waals surface area (Å²) < 4.78 is 5.65. The maximum atomic E-state index is 11.8. The van der Waals surface area contributed by atoms with Gasteiger partial charge in [-0.1, -0.05) is 34.5 Å². The van der Waals surface area contributed by atoms with Crippen LogP contribution in [-0.4, -0.2) is 17.2 Å². The van der Waals surface area contributed by atoms with E-state index < -0.39 is 5.97 Å². The second kappa shape index (κ2) is 8.27. The Balaban J connectivity index is 1.56. The van der Waals surface area contributed by atoms with Gasteiger partial charge in [0.2, 0.25) is 5.88 Å². The maximum Gasteiger partial charge on any atom is 0.365 e. The molecule has 0 fully saturated rings. The Morgan fingerprint density at radius 3 is 2.42 bits per heavy atom. The van der Waals surface area contributed by atoms with Crippen LogP contribution in [0.2, 0.25) is 5.02 Å². The minimum atomic E-state index is -0.565. The molecule has 0 bridgehead atoms. The molecule has 0 aliphatic heterocycles. The van der Waals surface area contributed by atoms with Crippen LogP contribution in [0.5, 0.6) is 11.6 Å². The molecule has 0 atom stereocenters. The minimum absolute atomic E-state index is 0.367. The molecule has 1 heterocycles. The lowest BCUT2D eigenvalue weighted by molar-refractivity contribution is 0.0519. The van der Waals surface area contributed by atoms with Gasteiger partial charge in [0.15, 0.2) is 0 Å². The quantitative estimate of drug-likeness (QED) is 0.361. The van der Waals surface area contributed by atoms with E-state index >= 15 is 0 Å². The Morgan fingerprint density at radius 2 is 1.77 bits per heavy atom. The number of oxime groups is 1. The molecule has 0 spiro atoms. The third kappa shape index (κ3) is 4.91. The molecule has 130 valence electrons. The van der Waals surface area contributed by atoms with Gasteiger partial charge in [0.05, 0.1) is 11.8 Å². The summed E-state index contributed by atoms with van der Waals surface area (Å²) in [7, 11) is 0. The van der Waals surface area contributed by atoms with Crippen LogP contribution < -0.4 is 4.74 Å². The summed E-state index contributed by atoms with van der Waals surface area (Å²) in [6, 6.07) is 17.5. The summed E-state index contributed by atoms with van der Waals surface area (Å²) in [5.41, 5.74) is 2.20. The Bertz CT molecular complexity index is 905. The van der Waals surface area contributed by atoms with Gasteiger partial charge in [0.25, 0.3) is 0 Å². The third-order valence-electron chi connectivity index (χ3n) is 3.42. The van der Waals surface area contributed by atoms with Gasteiger partial charge < -0.3 is 9.57 Å². The average Bonchev–Trinajstić information content (AvgIpc) is 2.65. The van der Waals surface area contributed by atoms with Gasteiger partial charge in [0, 0.05) is 22.8 Å². The first-order valence-electron chi connectivity index (χ1n) is 7.81. The zero-order valence-corrected chi connectivity index (χ0v) is 14.7. The predicted molar refractivity (Wildman–Crippen MR) is 100.0 cm³/mol. The molecular formula is C20H15ClN2O3. The van der Waals surface area contributed by atoms with Crippen LogP contribution in [0.15, 0.2) is 72.0 Å². The van der Waals surface area contributed by atoms with Crippen molar-refractivity contribution in [2.75, 3.05) is 0 Å². The second-order valence-electron chi connectivity index (χ2n) is 5.47. The van der Waals surface area contributed by atoms with E-state index in [2.05, 4.69) is 10.1 Å². The first-order valence-corrected chi connectivity index (χ1v) is 8.19. The van der Waals surface area contributed by atoms with Gasteiger partial charge in [-0.25, -0.2) is 9.78 Å². The maximum absolute atomic E-state index is 11.8. The van der Waals surface area contributed by atoms with E-state index in [0.717, 1.165) is 5.56 Å². The van der Waals surface area contributed by atoms with Crippen molar-refractivity contribution in [3.8, 4) is 11.6 Å².